The lowest BCUT2D eigenvalue weighted by Gasteiger charge is -1.91. The van der Waals surface area contributed by atoms with Crippen LogP contribution in [-0.4, -0.2) is 17.5 Å². The summed E-state index contributed by atoms with van der Waals surface area (Å²) in [5.41, 5.74) is 0. The Morgan fingerprint density at radius 3 is 2.40 bits per heavy atom. The van der Waals surface area contributed by atoms with Gasteiger partial charge in [-0.15, -0.1) is 0 Å². The van der Waals surface area contributed by atoms with Crippen LogP contribution in [0.4, 0.5) is 0 Å². The molecule has 1 nitrogen and oxygen atoms in total. The molecule has 0 saturated carbocycles. The average Bonchev–Trinajstić information content (AvgIpc) is 1.90. The molecule has 0 saturated heterocycles. The van der Waals surface area contributed by atoms with Crippen LogP contribution in [0.25, 0.3) is 0 Å². The summed E-state index contributed by atoms with van der Waals surface area (Å²) >= 11 is 0. The van der Waals surface area contributed by atoms with Crippen molar-refractivity contribution >= 4 is 10.9 Å². The zero-order chi connectivity index (χ0) is 6.69. The maximum Gasteiger partial charge on any atom is 0.172 e. The first-order chi connectivity index (χ1) is 4.30. The van der Waals surface area contributed by atoms with E-state index in [0.717, 1.165) is 0 Å². The second-order valence-electron chi connectivity index (χ2n) is 2.01. The molecule has 56 valence electrons. The Balaban J connectivity index is 0.000000810. The molecule has 0 atom stereocenters. The lowest BCUT2D eigenvalue weighted by atomic mass is 10.5. The van der Waals surface area contributed by atoms with E-state index in [1.807, 2.05) is 12.3 Å². The minimum absolute atomic E-state index is 0. The first-order valence-corrected chi connectivity index (χ1v) is 4.82. The molecular weight excluding hydrogens is 210 g/mol. The number of pyridine rings is 1. The molecule has 0 spiro atoms. The Hall–Kier alpha value is -0.0200. The highest BCUT2D eigenvalue weighted by Gasteiger charge is 2.04. The molecule has 1 rings (SSSR count). The van der Waals surface area contributed by atoms with Crippen LogP contribution in [0.2, 0.25) is 0 Å². The molecular formula is C7H10BrNS. The fourth-order valence-electron chi connectivity index (χ4n) is 0.589. The molecule has 0 radical (unpaired) electrons. The van der Waals surface area contributed by atoms with E-state index in [0.29, 0.717) is 10.9 Å². The molecule has 0 N–H and O–H groups in total. The molecule has 0 aliphatic carbocycles. The number of hydrogen-bond donors (Lipinski definition) is 0. The fourth-order valence-corrected chi connectivity index (χ4v) is 1.21. The smallest absolute Gasteiger partial charge is 0.172 e. The van der Waals surface area contributed by atoms with Crippen LogP contribution in [0.1, 0.15) is 0 Å². The third kappa shape index (κ3) is 2.71. The zero-order valence-corrected chi connectivity index (χ0v) is 8.45. The summed E-state index contributed by atoms with van der Waals surface area (Å²) in [6.07, 6.45) is 8.10. The standard InChI is InChI=1S/C7H10NS.BrH/c1-9(2)7-4-3-5-8-6-7;/h3-6H,1-2H3;1H/q+1;/p-1. The maximum absolute atomic E-state index is 4.01. The van der Waals surface area contributed by atoms with E-state index >= 15 is 0 Å². The summed E-state index contributed by atoms with van der Waals surface area (Å²) in [5.74, 6) is 0. The molecule has 0 aliphatic heterocycles. The van der Waals surface area contributed by atoms with Crippen molar-refractivity contribution in [3.63, 3.8) is 0 Å². The summed E-state index contributed by atoms with van der Waals surface area (Å²) in [6.45, 7) is 0. The highest BCUT2D eigenvalue weighted by atomic mass is 79.9. The van der Waals surface area contributed by atoms with Crippen LogP contribution in [0, 0.1) is 0 Å². The number of hydrogen-bond acceptors (Lipinski definition) is 1. The predicted octanol–water partition coefficient (Wildman–Crippen LogP) is -1.68. The predicted molar refractivity (Wildman–Crippen MR) is 41.7 cm³/mol. The van der Waals surface area contributed by atoms with Gasteiger partial charge in [-0.3, -0.25) is 4.98 Å². The highest BCUT2D eigenvalue weighted by molar-refractivity contribution is 7.95. The van der Waals surface area contributed by atoms with E-state index in [4.69, 9.17) is 0 Å². The third-order valence-corrected chi connectivity index (χ3v) is 2.29. The SMILES string of the molecule is C[S+](C)c1cccnc1.[Br-]. The molecule has 1 aromatic rings. The van der Waals surface area contributed by atoms with Gasteiger partial charge in [0.05, 0.1) is 6.20 Å². The first-order valence-electron chi connectivity index (χ1n) is 2.78. The van der Waals surface area contributed by atoms with Crippen molar-refractivity contribution < 1.29 is 17.0 Å². The largest absolute Gasteiger partial charge is 1.00 e. The van der Waals surface area contributed by atoms with E-state index in [9.17, 15) is 0 Å². The number of aromatic nitrogens is 1. The molecule has 0 bridgehead atoms. The van der Waals surface area contributed by atoms with E-state index in [1.54, 1.807) is 6.20 Å². The van der Waals surface area contributed by atoms with Crippen LogP contribution < -0.4 is 17.0 Å². The van der Waals surface area contributed by atoms with Gasteiger partial charge in [-0.1, -0.05) is 0 Å². The molecule has 1 aromatic heterocycles. The number of halogens is 1. The fraction of sp³-hybridized carbons (Fsp3) is 0.286. The normalized spacial score (nSPS) is 9.10. The summed E-state index contributed by atoms with van der Waals surface area (Å²) in [5, 5.41) is 0. The summed E-state index contributed by atoms with van der Waals surface area (Å²) in [7, 11) is 0.359. The van der Waals surface area contributed by atoms with Crippen LogP contribution in [0.3, 0.4) is 0 Å². The van der Waals surface area contributed by atoms with Crippen LogP contribution in [-0.2, 0) is 10.9 Å². The average molecular weight is 220 g/mol. The molecule has 0 amide bonds. The van der Waals surface area contributed by atoms with Gasteiger partial charge in [-0.05, 0) is 12.1 Å². The minimum atomic E-state index is 0. The van der Waals surface area contributed by atoms with Gasteiger partial charge in [0.15, 0.2) is 4.90 Å². The monoisotopic (exact) mass is 219 g/mol. The molecule has 0 aromatic carbocycles. The molecule has 0 fully saturated rings. The van der Waals surface area contributed by atoms with Crippen molar-refractivity contribution in [2.75, 3.05) is 12.5 Å². The third-order valence-electron chi connectivity index (χ3n) is 1.11. The number of nitrogens with zero attached hydrogens (tertiary/aromatic N) is 1. The van der Waals surface area contributed by atoms with Crippen molar-refractivity contribution in [1.29, 1.82) is 0 Å². The quantitative estimate of drug-likeness (QED) is 0.515. The minimum Gasteiger partial charge on any atom is -1.00 e. The molecule has 0 aliphatic rings. The Morgan fingerprint density at radius 2 is 2.10 bits per heavy atom. The van der Waals surface area contributed by atoms with Crippen molar-refractivity contribution in [2.45, 2.75) is 4.90 Å². The highest BCUT2D eigenvalue weighted by Crippen LogP contribution is 2.04. The van der Waals surface area contributed by atoms with Gasteiger partial charge in [-0.25, -0.2) is 0 Å². The molecule has 10 heavy (non-hydrogen) atoms. The number of rotatable bonds is 1. The first kappa shape index (κ1) is 9.98. The Bertz CT molecular complexity index is 176. The van der Waals surface area contributed by atoms with Crippen molar-refractivity contribution in [2.24, 2.45) is 0 Å². The van der Waals surface area contributed by atoms with Crippen LogP contribution in [0.15, 0.2) is 29.4 Å². The maximum atomic E-state index is 4.01. The van der Waals surface area contributed by atoms with Gasteiger partial charge in [0, 0.05) is 17.1 Å². The molecule has 1 heterocycles. The van der Waals surface area contributed by atoms with Gasteiger partial charge < -0.3 is 17.0 Å². The zero-order valence-electron chi connectivity index (χ0n) is 6.04. The van der Waals surface area contributed by atoms with E-state index in [2.05, 4.69) is 23.6 Å². The van der Waals surface area contributed by atoms with Crippen molar-refractivity contribution in [1.82, 2.24) is 4.98 Å². The van der Waals surface area contributed by atoms with Gasteiger partial charge in [0.25, 0.3) is 0 Å². The lowest BCUT2D eigenvalue weighted by molar-refractivity contribution is -0.00000204. The van der Waals surface area contributed by atoms with Crippen molar-refractivity contribution in [3.05, 3.63) is 24.5 Å². The Morgan fingerprint density at radius 1 is 1.40 bits per heavy atom. The summed E-state index contributed by atoms with van der Waals surface area (Å²) in [4.78, 5) is 5.34. The van der Waals surface area contributed by atoms with E-state index in [-0.39, 0.29) is 17.0 Å². The second-order valence-corrected chi connectivity index (χ2v) is 4.11. The Labute approximate surface area is 75.0 Å². The lowest BCUT2D eigenvalue weighted by Crippen LogP contribution is -3.00. The summed E-state index contributed by atoms with van der Waals surface area (Å²) < 4.78 is 0. The van der Waals surface area contributed by atoms with Gasteiger partial charge in [0.2, 0.25) is 0 Å². The Kier molecular flexibility index (Phi) is 4.73. The van der Waals surface area contributed by atoms with Gasteiger partial charge in [-0.2, -0.15) is 0 Å². The van der Waals surface area contributed by atoms with Crippen molar-refractivity contribution in [3.8, 4) is 0 Å². The molecule has 3 heteroatoms. The van der Waals surface area contributed by atoms with Crippen LogP contribution in [0.5, 0.6) is 0 Å². The second kappa shape index (κ2) is 4.74. The van der Waals surface area contributed by atoms with Gasteiger partial charge >= 0.3 is 0 Å². The summed E-state index contributed by atoms with van der Waals surface area (Å²) in [6, 6.07) is 4.08. The van der Waals surface area contributed by atoms with E-state index < -0.39 is 0 Å². The van der Waals surface area contributed by atoms with Crippen LogP contribution >= 0.6 is 0 Å². The van der Waals surface area contributed by atoms with Gasteiger partial charge in [0.1, 0.15) is 12.5 Å². The van der Waals surface area contributed by atoms with E-state index in [1.165, 1.54) is 4.90 Å². The topological polar surface area (TPSA) is 12.9 Å². The molecule has 0 unspecified atom stereocenters.